The summed E-state index contributed by atoms with van der Waals surface area (Å²) in [5.41, 5.74) is 0.797. The molecule has 25 heavy (non-hydrogen) atoms. The molecule has 0 fully saturated rings. The number of rotatable bonds is 6. The number of benzene rings is 2. The van der Waals surface area contributed by atoms with Crippen molar-refractivity contribution in [3.63, 3.8) is 0 Å². The predicted molar refractivity (Wildman–Crippen MR) is 98.2 cm³/mol. The number of esters is 1. The van der Waals surface area contributed by atoms with Crippen molar-refractivity contribution in [2.24, 2.45) is 0 Å². The molecule has 1 N–H and O–H groups in total. The van der Waals surface area contributed by atoms with Crippen LogP contribution in [-0.4, -0.2) is 24.2 Å². The Balaban J connectivity index is 2.00. The van der Waals surface area contributed by atoms with Gasteiger partial charge in [0, 0.05) is 20.6 Å². The van der Waals surface area contributed by atoms with Gasteiger partial charge in [-0.25, -0.2) is 4.79 Å². The van der Waals surface area contributed by atoms with Crippen molar-refractivity contribution in [2.75, 3.05) is 17.7 Å². The standard InChI is InChI=1S/C17H12Cl2N2O3S/c18-11-7-12(19)9-13(8-11)21-16(22)10-25-15-4-2-1-3-14(15)17(23)24-6-5-20/h1-4,7-9H,6,10H2,(H,21,22). The van der Waals surface area contributed by atoms with E-state index in [0.717, 1.165) is 0 Å². The molecule has 0 radical (unpaired) electrons. The molecule has 1 amide bonds. The number of halogens is 2. The van der Waals surface area contributed by atoms with Gasteiger partial charge in [0.1, 0.15) is 6.07 Å². The number of carbonyl (C=O) groups is 2. The van der Waals surface area contributed by atoms with Crippen molar-refractivity contribution < 1.29 is 14.3 Å². The van der Waals surface area contributed by atoms with Gasteiger partial charge < -0.3 is 10.1 Å². The number of nitrogens with one attached hydrogen (secondary N) is 1. The number of ether oxygens (including phenoxy) is 1. The quantitative estimate of drug-likeness (QED) is 0.579. The van der Waals surface area contributed by atoms with Gasteiger partial charge in [0.25, 0.3) is 0 Å². The molecule has 0 aromatic heterocycles. The molecule has 0 bridgehead atoms. The van der Waals surface area contributed by atoms with Gasteiger partial charge in [-0.1, -0.05) is 35.3 Å². The average molecular weight is 395 g/mol. The van der Waals surface area contributed by atoms with Gasteiger partial charge in [-0.2, -0.15) is 5.26 Å². The van der Waals surface area contributed by atoms with E-state index in [0.29, 0.717) is 26.2 Å². The minimum atomic E-state index is -0.605. The lowest BCUT2D eigenvalue weighted by atomic mass is 10.2. The van der Waals surface area contributed by atoms with Crippen LogP contribution in [0, 0.1) is 11.3 Å². The third kappa shape index (κ3) is 5.98. The van der Waals surface area contributed by atoms with Crippen LogP contribution in [-0.2, 0) is 9.53 Å². The fourth-order valence-electron chi connectivity index (χ4n) is 1.90. The predicted octanol–water partition coefficient (Wildman–Crippen LogP) is 4.40. The topological polar surface area (TPSA) is 79.2 Å². The lowest BCUT2D eigenvalue weighted by Gasteiger charge is -2.09. The number of anilines is 1. The Labute approximate surface area is 158 Å². The van der Waals surface area contributed by atoms with E-state index < -0.39 is 5.97 Å². The molecule has 0 heterocycles. The van der Waals surface area contributed by atoms with E-state index in [4.69, 9.17) is 33.2 Å². The Bertz CT molecular complexity index is 817. The van der Waals surface area contributed by atoms with E-state index in [-0.39, 0.29) is 18.3 Å². The van der Waals surface area contributed by atoms with E-state index in [1.54, 1.807) is 48.5 Å². The SMILES string of the molecule is N#CCOC(=O)c1ccccc1SCC(=O)Nc1cc(Cl)cc(Cl)c1. The van der Waals surface area contributed by atoms with Crippen LogP contribution in [0.2, 0.25) is 10.0 Å². The molecule has 2 rings (SSSR count). The highest BCUT2D eigenvalue weighted by molar-refractivity contribution is 8.00. The van der Waals surface area contributed by atoms with Gasteiger partial charge in [0.15, 0.2) is 6.61 Å². The summed E-state index contributed by atoms with van der Waals surface area (Å²) < 4.78 is 4.80. The van der Waals surface area contributed by atoms with Crippen molar-refractivity contribution in [3.8, 4) is 6.07 Å². The summed E-state index contributed by atoms with van der Waals surface area (Å²) in [6.07, 6.45) is 0. The number of hydrogen-bond acceptors (Lipinski definition) is 5. The van der Waals surface area contributed by atoms with Crippen LogP contribution in [0.25, 0.3) is 0 Å². The third-order valence-corrected chi connectivity index (χ3v) is 4.39. The number of thioether (sulfide) groups is 1. The fraction of sp³-hybridized carbons (Fsp3) is 0.118. The number of nitriles is 1. The first kappa shape index (κ1) is 19.1. The summed E-state index contributed by atoms with van der Waals surface area (Å²) in [5.74, 6) is -0.803. The Kier molecular flexibility index (Phi) is 7.14. The smallest absolute Gasteiger partial charge is 0.340 e. The highest BCUT2D eigenvalue weighted by Crippen LogP contribution is 2.25. The lowest BCUT2D eigenvalue weighted by Crippen LogP contribution is -2.14. The summed E-state index contributed by atoms with van der Waals surface area (Å²) in [4.78, 5) is 24.6. The summed E-state index contributed by atoms with van der Waals surface area (Å²) in [7, 11) is 0. The molecular formula is C17H12Cl2N2O3S. The molecule has 0 aliphatic heterocycles. The van der Waals surface area contributed by atoms with Crippen LogP contribution in [0.15, 0.2) is 47.4 Å². The zero-order valence-electron chi connectivity index (χ0n) is 12.8. The monoisotopic (exact) mass is 394 g/mol. The Morgan fingerprint density at radius 3 is 2.52 bits per heavy atom. The molecule has 8 heteroatoms. The van der Waals surface area contributed by atoms with Crippen molar-refractivity contribution in [3.05, 3.63) is 58.1 Å². The van der Waals surface area contributed by atoms with Crippen LogP contribution in [0.3, 0.4) is 0 Å². The fourth-order valence-corrected chi connectivity index (χ4v) is 3.27. The highest BCUT2D eigenvalue weighted by Gasteiger charge is 2.14. The lowest BCUT2D eigenvalue weighted by molar-refractivity contribution is -0.113. The molecule has 0 saturated heterocycles. The van der Waals surface area contributed by atoms with Crippen molar-refractivity contribution in [1.29, 1.82) is 5.26 Å². The molecule has 5 nitrogen and oxygen atoms in total. The zero-order valence-corrected chi connectivity index (χ0v) is 15.1. The van der Waals surface area contributed by atoms with Crippen LogP contribution >= 0.6 is 35.0 Å². The van der Waals surface area contributed by atoms with Gasteiger partial charge in [0.05, 0.1) is 11.3 Å². The van der Waals surface area contributed by atoms with E-state index >= 15 is 0 Å². The maximum absolute atomic E-state index is 12.1. The Morgan fingerprint density at radius 1 is 1.16 bits per heavy atom. The zero-order chi connectivity index (χ0) is 18.2. The second-order valence-corrected chi connectivity index (χ2v) is 6.62. The first-order valence-corrected chi connectivity index (χ1v) is 8.75. The Hall–Kier alpha value is -2.20. The van der Waals surface area contributed by atoms with Crippen LogP contribution in [0.1, 0.15) is 10.4 Å². The van der Waals surface area contributed by atoms with Crippen molar-refractivity contribution >= 4 is 52.5 Å². The first-order chi connectivity index (χ1) is 12.0. The summed E-state index contributed by atoms with van der Waals surface area (Å²) in [6, 6.07) is 13.2. The molecule has 0 atom stereocenters. The highest BCUT2D eigenvalue weighted by atomic mass is 35.5. The minimum Gasteiger partial charge on any atom is -0.447 e. The third-order valence-electron chi connectivity index (χ3n) is 2.88. The van der Waals surface area contributed by atoms with Gasteiger partial charge in [-0.15, -0.1) is 11.8 Å². The first-order valence-electron chi connectivity index (χ1n) is 7.01. The summed E-state index contributed by atoms with van der Waals surface area (Å²) >= 11 is 13.0. The number of nitrogens with zero attached hydrogens (tertiary/aromatic N) is 1. The molecule has 0 unspecified atom stereocenters. The molecule has 0 aliphatic carbocycles. The van der Waals surface area contributed by atoms with Gasteiger partial charge in [-0.05, 0) is 30.3 Å². The number of carbonyl (C=O) groups excluding carboxylic acids is 2. The van der Waals surface area contributed by atoms with Crippen LogP contribution in [0.5, 0.6) is 0 Å². The van der Waals surface area contributed by atoms with Crippen molar-refractivity contribution in [1.82, 2.24) is 0 Å². The van der Waals surface area contributed by atoms with Gasteiger partial charge in [-0.3, -0.25) is 4.79 Å². The molecule has 2 aromatic carbocycles. The largest absolute Gasteiger partial charge is 0.447 e. The average Bonchev–Trinajstić information content (AvgIpc) is 2.57. The second-order valence-electron chi connectivity index (χ2n) is 4.73. The number of amides is 1. The molecule has 128 valence electrons. The Morgan fingerprint density at radius 2 is 1.84 bits per heavy atom. The van der Waals surface area contributed by atoms with Crippen LogP contribution < -0.4 is 5.32 Å². The maximum Gasteiger partial charge on any atom is 0.340 e. The molecule has 0 aliphatic rings. The van der Waals surface area contributed by atoms with Gasteiger partial charge in [0.2, 0.25) is 5.91 Å². The summed E-state index contributed by atoms with van der Waals surface area (Å²) in [6.45, 7) is -0.326. The van der Waals surface area contributed by atoms with Crippen LogP contribution in [0.4, 0.5) is 5.69 Å². The number of hydrogen-bond donors (Lipinski definition) is 1. The minimum absolute atomic E-state index is 0.0761. The molecule has 0 saturated carbocycles. The van der Waals surface area contributed by atoms with E-state index in [2.05, 4.69) is 5.32 Å². The molecule has 0 spiro atoms. The van der Waals surface area contributed by atoms with E-state index in [1.807, 2.05) is 0 Å². The second kappa shape index (κ2) is 9.33. The molecular weight excluding hydrogens is 383 g/mol. The maximum atomic E-state index is 12.1. The van der Waals surface area contributed by atoms with E-state index in [1.165, 1.54) is 11.8 Å². The van der Waals surface area contributed by atoms with Crippen molar-refractivity contribution in [2.45, 2.75) is 4.90 Å². The summed E-state index contributed by atoms with van der Waals surface area (Å²) in [5, 5.41) is 12.0. The van der Waals surface area contributed by atoms with E-state index in [9.17, 15) is 9.59 Å². The molecule has 2 aromatic rings. The normalized spacial score (nSPS) is 9.96. The van der Waals surface area contributed by atoms with Gasteiger partial charge >= 0.3 is 5.97 Å².